The van der Waals surface area contributed by atoms with Gasteiger partial charge in [0, 0.05) is 12.7 Å². The molecule has 4 rings (SSSR count). The van der Waals surface area contributed by atoms with Crippen LogP contribution in [0.15, 0.2) is 102 Å². The van der Waals surface area contributed by atoms with Crippen molar-refractivity contribution < 1.29 is 13.2 Å². The van der Waals surface area contributed by atoms with Crippen LogP contribution < -0.4 is 9.62 Å². The minimum Gasteiger partial charge on any atom is -0.326 e. The molecule has 0 aromatic heterocycles. The Hall–Kier alpha value is -3.64. The molecule has 0 saturated carbocycles. The molecule has 4 aromatic rings. The average Bonchev–Trinajstić information content (AvgIpc) is 2.79. The second kappa shape index (κ2) is 8.62. The minimum atomic E-state index is -3.75. The Morgan fingerprint density at radius 1 is 0.806 bits per heavy atom. The number of para-hydroxylation sites is 1. The Labute approximate surface area is 182 Å². The number of anilines is 2. The molecule has 31 heavy (non-hydrogen) atoms. The Morgan fingerprint density at radius 3 is 2.29 bits per heavy atom. The molecule has 0 atom stereocenters. The predicted molar refractivity (Wildman–Crippen MR) is 125 cm³/mol. The van der Waals surface area contributed by atoms with Crippen LogP contribution in [0.5, 0.6) is 0 Å². The van der Waals surface area contributed by atoms with Gasteiger partial charge in [-0.1, -0.05) is 66.7 Å². The van der Waals surface area contributed by atoms with Crippen molar-refractivity contribution in [2.45, 2.75) is 11.3 Å². The molecule has 0 spiro atoms. The van der Waals surface area contributed by atoms with Gasteiger partial charge in [0.05, 0.1) is 17.0 Å². The van der Waals surface area contributed by atoms with E-state index in [2.05, 4.69) is 5.32 Å². The number of sulfonamides is 1. The fourth-order valence-electron chi connectivity index (χ4n) is 3.41. The van der Waals surface area contributed by atoms with E-state index < -0.39 is 10.0 Å². The first-order valence-corrected chi connectivity index (χ1v) is 11.3. The number of nitrogens with one attached hydrogen (secondary N) is 1. The molecular weight excluding hydrogens is 408 g/mol. The highest BCUT2D eigenvalue weighted by molar-refractivity contribution is 7.92. The fraction of sp³-hybridized carbons (Fsp3) is 0.0800. The Bertz CT molecular complexity index is 1340. The molecule has 0 saturated heterocycles. The van der Waals surface area contributed by atoms with Crippen molar-refractivity contribution in [2.24, 2.45) is 0 Å². The van der Waals surface area contributed by atoms with E-state index in [0.29, 0.717) is 11.4 Å². The van der Waals surface area contributed by atoms with Crippen LogP contribution >= 0.6 is 0 Å². The van der Waals surface area contributed by atoms with Crippen molar-refractivity contribution in [1.82, 2.24) is 0 Å². The summed E-state index contributed by atoms with van der Waals surface area (Å²) in [6.45, 7) is 0. The molecule has 0 bridgehead atoms. The van der Waals surface area contributed by atoms with Gasteiger partial charge >= 0.3 is 0 Å². The van der Waals surface area contributed by atoms with Crippen LogP contribution in [0, 0.1) is 0 Å². The van der Waals surface area contributed by atoms with Crippen LogP contribution in [0.1, 0.15) is 5.56 Å². The zero-order valence-electron chi connectivity index (χ0n) is 17.0. The summed E-state index contributed by atoms with van der Waals surface area (Å²) in [7, 11) is -2.24. The molecule has 0 aliphatic carbocycles. The van der Waals surface area contributed by atoms with E-state index in [9.17, 15) is 13.2 Å². The molecule has 1 amide bonds. The van der Waals surface area contributed by atoms with Gasteiger partial charge in [-0.05, 0) is 46.7 Å². The van der Waals surface area contributed by atoms with Gasteiger partial charge in [0.25, 0.3) is 10.0 Å². The molecule has 5 nitrogen and oxygen atoms in total. The van der Waals surface area contributed by atoms with E-state index in [1.807, 2.05) is 48.5 Å². The monoisotopic (exact) mass is 430 g/mol. The van der Waals surface area contributed by atoms with E-state index in [1.165, 1.54) is 23.5 Å². The standard InChI is InChI=1S/C25H22N2O3S/c1-27(23-11-3-2-4-12-23)31(29,30)24-13-7-10-22(18-24)26-25(28)17-19-14-15-20-8-5-6-9-21(20)16-19/h2-16,18H,17H2,1H3,(H,26,28). The summed E-state index contributed by atoms with van der Waals surface area (Å²) in [6.07, 6.45) is 0.200. The lowest BCUT2D eigenvalue weighted by molar-refractivity contribution is -0.115. The zero-order chi connectivity index (χ0) is 21.8. The number of amides is 1. The van der Waals surface area contributed by atoms with Crippen molar-refractivity contribution in [3.05, 3.63) is 103 Å². The molecule has 1 N–H and O–H groups in total. The van der Waals surface area contributed by atoms with E-state index in [-0.39, 0.29) is 17.2 Å². The minimum absolute atomic E-state index is 0.113. The van der Waals surface area contributed by atoms with Crippen LogP contribution in [0.25, 0.3) is 10.8 Å². The quantitative estimate of drug-likeness (QED) is 0.476. The summed E-state index contributed by atoms with van der Waals surface area (Å²) < 4.78 is 27.2. The Balaban J connectivity index is 1.50. The summed E-state index contributed by atoms with van der Waals surface area (Å²) in [4.78, 5) is 12.7. The van der Waals surface area contributed by atoms with E-state index in [1.54, 1.807) is 36.4 Å². The van der Waals surface area contributed by atoms with E-state index >= 15 is 0 Å². The lowest BCUT2D eigenvalue weighted by Gasteiger charge is -2.20. The van der Waals surface area contributed by atoms with Crippen LogP contribution in [0.3, 0.4) is 0 Å². The van der Waals surface area contributed by atoms with Gasteiger partial charge in [0.1, 0.15) is 0 Å². The zero-order valence-corrected chi connectivity index (χ0v) is 17.8. The molecule has 0 heterocycles. The number of rotatable bonds is 6. The summed E-state index contributed by atoms with van der Waals surface area (Å²) >= 11 is 0. The second-order valence-corrected chi connectivity index (χ2v) is 9.21. The molecule has 0 aliphatic rings. The largest absolute Gasteiger partial charge is 0.326 e. The van der Waals surface area contributed by atoms with E-state index in [4.69, 9.17) is 0 Å². The maximum absolute atomic E-state index is 13.0. The number of hydrogen-bond acceptors (Lipinski definition) is 3. The highest BCUT2D eigenvalue weighted by Gasteiger charge is 2.21. The van der Waals surface area contributed by atoms with Crippen LogP contribution in [0.4, 0.5) is 11.4 Å². The van der Waals surface area contributed by atoms with Gasteiger partial charge in [0.2, 0.25) is 5.91 Å². The van der Waals surface area contributed by atoms with Gasteiger partial charge in [-0.2, -0.15) is 0 Å². The lowest BCUT2D eigenvalue weighted by atomic mass is 10.0. The fourth-order valence-corrected chi connectivity index (χ4v) is 4.65. The highest BCUT2D eigenvalue weighted by atomic mass is 32.2. The van der Waals surface area contributed by atoms with Crippen LogP contribution in [-0.2, 0) is 21.2 Å². The second-order valence-electron chi connectivity index (χ2n) is 7.24. The summed E-state index contributed by atoms with van der Waals surface area (Å²) in [5.41, 5.74) is 1.89. The SMILES string of the molecule is CN(c1ccccc1)S(=O)(=O)c1cccc(NC(=O)Cc2ccc3ccccc3c2)c1. The third-order valence-corrected chi connectivity index (χ3v) is 6.86. The number of nitrogens with zero attached hydrogens (tertiary/aromatic N) is 1. The van der Waals surface area contributed by atoms with Crippen molar-refractivity contribution in [3.63, 3.8) is 0 Å². The molecule has 156 valence electrons. The predicted octanol–water partition coefficient (Wildman–Crippen LogP) is 4.85. The van der Waals surface area contributed by atoms with Crippen LogP contribution in [-0.4, -0.2) is 21.4 Å². The van der Waals surface area contributed by atoms with Gasteiger partial charge in [-0.3, -0.25) is 9.10 Å². The number of benzene rings is 4. The van der Waals surface area contributed by atoms with Crippen molar-refractivity contribution >= 4 is 38.1 Å². The van der Waals surface area contributed by atoms with Crippen molar-refractivity contribution in [2.75, 3.05) is 16.7 Å². The van der Waals surface area contributed by atoms with Crippen molar-refractivity contribution in [1.29, 1.82) is 0 Å². The van der Waals surface area contributed by atoms with E-state index in [0.717, 1.165) is 16.3 Å². The third-order valence-electron chi connectivity index (χ3n) is 5.07. The molecule has 0 aliphatic heterocycles. The lowest BCUT2D eigenvalue weighted by Crippen LogP contribution is -2.26. The first-order chi connectivity index (χ1) is 14.9. The molecular formula is C25H22N2O3S. The number of fused-ring (bicyclic) bond motifs is 1. The summed E-state index contributed by atoms with van der Waals surface area (Å²) in [5.74, 6) is -0.207. The van der Waals surface area contributed by atoms with Crippen molar-refractivity contribution in [3.8, 4) is 0 Å². The maximum atomic E-state index is 13.0. The van der Waals surface area contributed by atoms with Gasteiger partial charge in [-0.25, -0.2) is 8.42 Å². The Kier molecular flexibility index (Phi) is 5.73. The first-order valence-electron chi connectivity index (χ1n) is 9.85. The van der Waals surface area contributed by atoms with Crippen LogP contribution in [0.2, 0.25) is 0 Å². The normalized spacial score (nSPS) is 11.3. The molecule has 4 aromatic carbocycles. The maximum Gasteiger partial charge on any atom is 0.264 e. The van der Waals surface area contributed by atoms with Gasteiger partial charge < -0.3 is 5.32 Å². The molecule has 6 heteroatoms. The average molecular weight is 431 g/mol. The molecule has 0 radical (unpaired) electrons. The molecule has 0 fully saturated rings. The molecule has 0 unspecified atom stereocenters. The number of carbonyl (C=O) groups excluding carboxylic acids is 1. The number of carbonyl (C=O) groups is 1. The summed E-state index contributed by atoms with van der Waals surface area (Å²) in [6, 6.07) is 29.0. The Morgan fingerprint density at radius 2 is 1.52 bits per heavy atom. The van der Waals surface area contributed by atoms with Gasteiger partial charge in [0.15, 0.2) is 0 Å². The summed E-state index contributed by atoms with van der Waals surface area (Å²) in [5, 5.41) is 5.00. The topological polar surface area (TPSA) is 66.5 Å². The smallest absolute Gasteiger partial charge is 0.264 e. The first kappa shape index (κ1) is 20.6. The third kappa shape index (κ3) is 4.59. The highest BCUT2D eigenvalue weighted by Crippen LogP contribution is 2.24. The number of hydrogen-bond donors (Lipinski definition) is 1. The van der Waals surface area contributed by atoms with Gasteiger partial charge in [-0.15, -0.1) is 0 Å².